The van der Waals surface area contributed by atoms with E-state index in [1.807, 2.05) is 26.8 Å². The molecule has 21 heavy (non-hydrogen) atoms. The lowest BCUT2D eigenvalue weighted by Crippen LogP contribution is -2.46. The first kappa shape index (κ1) is 17.5. The highest BCUT2D eigenvalue weighted by Gasteiger charge is 2.18. The average molecular weight is 295 g/mol. The predicted molar refractivity (Wildman–Crippen MR) is 81.5 cm³/mol. The van der Waals surface area contributed by atoms with Crippen LogP contribution in [-0.4, -0.2) is 29.4 Å². The first-order valence-corrected chi connectivity index (χ1v) is 7.25. The number of carbonyl (C=O) groups excluding carboxylic acids is 1. The van der Waals surface area contributed by atoms with Gasteiger partial charge >= 0.3 is 5.97 Å². The Morgan fingerprint density at radius 1 is 1.33 bits per heavy atom. The van der Waals surface area contributed by atoms with E-state index in [-0.39, 0.29) is 12.0 Å². The highest BCUT2D eigenvalue weighted by atomic mass is 16.5. The standard InChI is InChI=1S/C16H25NO4/c1-6-15(19)21-14-9-13(8-7-11(14)4)20-16(12(5)18)17-10(2)3/h7-10,12,16-18H,6H2,1-5H3. The van der Waals surface area contributed by atoms with Crippen molar-refractivity contribution in [2.45, 2.75) is 59.4 Å². The van der Waals surface area contributed by atoms with Crippen LogP contribution in [0.4, 0.5) is 0 Å². The Labute approximate surface area is 126 Å². The number of carbonyl (C=O) groups is 1. The summed E-state index contributed by atoms with van der Waals surface area (Å²) in [5.74, 6) is 0.731. The highest BCUT2D eigenvalue weighted by Crippen LogP contribution is 2.25. The zero-order valence-electron chi connectivity index (χ0n) is 13.3. The SMILES string of the molecule is CCC(=O)Oc1cc(OC(NC(C)C)C(C)O)ccc1C. The minimum Gasteiger partial charge on any atom is -0.472 e. The molecule has 0 aliphatic heterocycles. The number of rotatable bonds is 7. The van der Waals surface area contributed by atoms with Crippen molar-refractivity contribution >= 4 is 5.97 Å². The summed E-state index contributed by atoms with van der Waals surface area (Å²) < 4.78 is 11.0. The maximum Gasteiger partial charge on any atom is 0.310 e. The molecular formula is C16H25NO4. The molecule has 0 fully saturated rings. The molecule has 0 amide bonds. The molecule has 0 aliphatic carbocycles. The van der Waals surface area contributed by atoms with Crippen LogP contribution in [-0.2, 0) is 4.79 Å². The lowest BCUT2D eigenvalue weighted by atomic mass is 10.2. The maximum absolute atomic E-state index is 11.4. The largest absolute Gasteiger partial charge is 0.472 e. The second-order valence-corrected chi connectivity index (χ2v) is 5.36. The molecule has 1 rings (SSSR count). The molecule has 1 aromatic carbocycles. The molecule has 5 heteroatoms. The van der Waals surface area contributed by atoms with Crippen molar-refractivity contribution in [2.24, 2.45) is 0 Å². The van der Waals surface area contributed by atoms with Crippen LogP contribution in [0.2, 0.25) is 0 Å². The Bertz CT molecular complexity index is 471. The zero-order valence-corrected chi connectivity index (χ0v) is 13.3. The molecule has 0 bridgehead atoms. The number of aryl methyl sites for hydroxylation is 1. The Morgan fingerprint density at radius 2 is 2.00 bits per heavy atom. The van der Waals surface area contributed by atoms with Crippen LogP contribution < -0.4 is 14.8 Å². The van der Waals surface area contributed by atoms with Crippen molar-refractivity contribution < 1.29 is 19.4 Å². The predicted octanol–water partition coefficient (Wildman–Crippen LogP) is 2.39. The summed E-state index contributed by atoms with van der Waals surface area (Å²) in [6.07, 6.45) is -0.881. The van der Waals surface area contributed by atoms with Crippen LogP contribution in [0, 0.1) is 6.92 Å². The minimum atomic E-state index is -0.671. The summed E-state index contributed by atoms with van der Waals surface area (Å²) in [4.78, 5) is 11.4. The minimum absolute atomic E-state index is 0.174. The zero-order chi connectivity index (χ0) is 16.0. The van der Waals surface area contributed by atoms with E-state index >= 15 is 0 Å². The summed E-state index contributed by atoms with van der Waals surface area (Å²) in [5, 5.41) is 12.9. The molecular weight excluding hydrogens is 270 g/mol. The monoisotopic (exact) mass is 295 g/mol. The van der Waals surface area contributed by atoms with Crippen LogP contribution in [0.1, 0.15) is 39.7 Å². The number of nitrogens with one attached hydrogen (secondary N) is 1. The van der Waals surface area contributed by atoms with Crippen molar-refractivity contribution in [2.75, 3.05) is 0 Å². The molecule has 0 radical (unpaired) electrons. The van der Waals surface area contributed by atoms with Crippen molar-refractivity contribution in [1.29, 1.82) is 0 Å². The van der Waals surface area contributed by atoms with Gasteiger partial charge in [0, 0.05) is 18.5 Å². The molecule has 118 valence electrons. The van der Waals surface area contributed by atoms with Crippen LogP contribution in [0.25, 0.3) is 0 Å². The van der Waals surface area contributed by atoms with Crippen LogP contribution >= 0.6 is 0 Å². The van der Waals surface area contributed by atoms with Crippen molar-refractivity contribution in [1.82, 2.24) is 5.32 Å². The fourth-order valence-corrected chi connectivity index (χ4v) is 1.71. The number of aliphatic hydroxyl groups is 1. The molecule has 2 unspecified atom stereocenters. The summed E-state index contributed by atoms with van der Waals surface area (Å²) in [7, 11) is 0. The molecule has 2 N–H and O–H groups in total. The smallest absolute Gasteiger partial charge is 0.310 e. The van der Waals surface area contributed by atoms with Crippen LogP contribution in [0.15, 0.2) is 18.2 Å². The van der Waals surface area contributed by atoms with Gasteiger partial charge in [-0.25, -0.2) is 0 Å². The van der Waals surface area contributed by atoms with Gasteiger partial charge in [-0.15, -0.1) is 0 Å². The van der Waals surface area contributed by atoms with Gasteiger partial charge in [-0.05, 0) is 39.3 Å². The van der Waals surface area contributed by atoms with Crippen LogP contribution in [0.3, 0.4) is 0 Å². The Kier molecular flexibility index (Phi) is 6.65. The van der Waals surface area contributed by atoms with Gasteiger partial charge in [-0.1, -0.05) is 13.0 Å². The van der Waals surface area contributed by atoms with E-state index in [1.165, 1.54) is 0 Å². The third-order valence-electron chi connectivity index (χ3n) is 2.87. The number of esters is 1. The van der Waals surface area contributed by atoms with Gasteiger partial charge in [0.1, 0.15) is 17.6 Å². The second-order valence-electron chi connectivity index (χ2n) is 5.36. The first-order chi connectivity index (χ1) is 9.83. The van der Waals surface area contributed by atoms with Gasteiger partial charge in [0.25, 0.3) is 0 Å². The number of hydrogen-bond acceptors (Lipinski definition) is 5. The third kappa shape index (κ3) is 5.73. The number of hydrogen-bond donors (Lipinski definition) is 2. The second kappa shape index (κ2) is 8.00. The van der Waals surface area contributed by atoms with Gasteiger partial charge in [-0.3, -0.25) is 10.1 Å². The first-order valence-electron chi connectivity index (χ1n) is 7.25. The highest BCUT2D eigenvalue weighted by molar-refractivity contribution is 5.72. The van der Waals surface area contributed by atoms with Gasteiger partial charge in [0.05, 0.1) is 0 Å². The fraction of sp³-hybridized carbons (Fsp3) is 0.562. The van der Waals surface area contributed by atoms with E-state index in [9.17, 15) is 9.90 Å². The Balaban J connectivity index is 2.87. The van der Waals surface area contributed by atoms with Gasteiger partial charge in [-0.2, -0.15) is 0 Å². The van der Waals surface area contributed by atoms with E-state index in [4.69, 9.17) is 9.47 Å². The number of ether oxygens (including phenoxy) is 2. The van der Waals surface area contributed by atoms with Gasteiger partial charge in [0.15, 0.2) is 6.23 Å². The molecule has 1 aromatic rings. The quantitative estimate of drug-likeness (QED) is 0.459. The molecule has 0 saturated carbocycles. The normalized spacial score (nSPS) is 13.9. The molecule has 5 nitrogen and oxygen atoms in total. The summed E-state index contributed by atoms with van der Waals surface area (Å²) >= 11 is 0. The Morgan fingerprint density at radius 3 is 2.52 bits per heavy atom. The molecule has 2 atom stereocenters. The number of aliphatic hydroxyl groups excluding tert-OH is 1. The van der Waals surface area contributed by atoms with E-state index in [0.717, 1.165) is 5.56 Å². The topological polar surface area (TPSA) is 67.8 Å². The third-order valence-corrected chi connectivity index (χ3v) is 2.87. The molecule has 0 aliphatic rings. The summed E-state index contributed by atoms with van der Waals surface area (Å²) in [5.41, 5.74) is 0.856. The van der Waals surface area contributed by atoms with E-state index in [1.54, 1.807) is 26.0 Å². The van der Waals surface area contributed by atoms with Gasteiger partial charge < -0.3 is 14.6 Å². The molecule has 0 heterocycles. The molecule has 0 spiro atoms. The number of benzene rings is 1. The molecule has 0 saturated heterocycles. The van der Waals surface area contributed by atoms with E-state index < -0.39 is 12.3 Å². The molecule has 0 aromatic heterocycles. The Hall–Kier alpha value is -1.59. The fourth-order valence-electron chi connectivity index (χ4n) is 1.71. The lowest BCUT2D eigenvalue weighted by Gasteiger charge is -2.25. The lowest BCUT2D eigenvalue weighted by molar-refractivity contribution is -0.134. The van der Waals surface area contributed by atoms with Crippen molar-refractivity contribution in [3.8, 4) is 11.5 Å². The summed E-state index contributed by atoms with van der Waals surface area (Å²) in [6.45, 7) is 9.21. The maximum atomic E-state index is 11.4. The van der Waals surface area contributed by atoms with Crippen LogP contribution in [0.5, 0.6) is 11.5 Å². The summed E-state index contributed by atoms with van der Waals surface area (Å²) in [6, 6.07) is 5.45. The van der Waals surface area contributed by atoms with E-state index in [2.05, 4.69) is 5.32 Å². The van der Waals surface area contributed by atoms with Crippen molar-refractivity contribution in [3.05, 3.63) is 23.8 Å². The average Bonchev–Trinajstić information content (AvgIpc) is 2.40. The van der Waals surface area contributed by atoms with Crippen molar-refractivity contribution in [3.63, 3.8) is 0 Å². The van der Waals surface area contributed by atoms with E-state index in [0.29, 0.717) is 17.9 Å². The van der Waals surface area contributed by atoms with Gasteiger partial charge in [0.2, 0.25) is 0 Å².